The van der Waals surface area contributed by atoms with Gasteiger partial charge in [0.1, 0.15) is 0 Å². The second kappa shape index (κ2) is 5.40. The maximum Gasteiger partial charge on any atom is 0.238 e. The molecule has 4 heteroatoms. The molecular weight excluding hydrogens is 226 g/mol. The summed E-state index contributed by atoms with van der Waals surface area (Å²) in [6, 6.07) is 7.82. The number of nitrogens with one attached hydrogen (secondary N) is 1. The van der Waals surface area contributed by atoms with Crippen LogP contribution in [0.25, 0.3) is 0 Å². The highest BCUT2D eigenvalue weighted by atomic mass is 16.2. The standard InChI is InChI=1S/C14H21N3O/c1-10-7-11(2)17(8-10)9-14(18)16-13-6-4-3-5-12(13)15/h3-6,10-11H,7-9,15H2,1-2H3,(H,16,18). The van der Waals surface area contributed by atoms with Crippen molar-refractivity contribution in [3.63, 3.8) is 0 Å². The van der Waals surface area contributed by atoms with Crippen molar-refractivity contribution in [2.45, 2.75) is 26.3 Å². The smallest absolute Gasteiger partial charge is 0.238 e. The molecule has 4 nitrogen and oxygen atoms in total. The first kappa shape index (κ1) is 12.9. The van der Waals surface area contributed by atoms with Crippen molar-refractivity contribution in [1.82, 2.24) is 4.90 Å². The Morgan fingerprint density at radius 3 is 2.78 bits per heavy atom. The molecular formula is C14H21N3O. The number of likely N-dealkylation sites (tertiary alicyclic amines) is 1. The molecule has 0 radical (unpaired) electrons. The van der Waals surface area contributed by atoms with E-state index in [1.807, 2.05) is 18.2 Å². The van der Waals surface area contributed by atoms with Crippen molar-refractivity contribution in [2.75, 3.05) is 24.1 Å². The van der Waals surface area contributed by atoms with Crippen LogP contribution in [0.3, 0.4) is 0 Å². The number of nitrogens with two attached hydrogens (primary N) is 1. The molecule has 0 aliphatic carbocycles. The van der Waals surface area contributed by atoms with Crippen LogP contribution >= 0.6 is 0 Å². The molecule has 1 aliphatic rings. The van der Waals surface area contributed by atoms with Crippen LogP contribution in [-0.4, -0.2) is 29.9 Å². The third-order valence-corrected chi connectivity index (χ3v) is 3.49. The summed E-state index contributed by atoms with van der Waals surface area (Å²) in [7, 11) is 0. The quantitative estimate of drug-likeness (QED) is 0.802. The molecule has 2 unspecified atom stereocenters. The largest absolute Gasteiger partial charge is 0.397 e. The Bertz CT molecular complexity index is 433. The highest BCUT2D eigenvalue weighted by Crippen LogP contribution is 2.22. The molecule has 0 bridgehead atoms. The fourth-order valence-corrected chi connectivity index (χ4v) is 2.59. The minimum absolute atomic E-state index is 0.00819. The summed E-state index contributed by atoms with van der Waals surface area (Å²) in [5, 5.41) is 2.87. The summed E-state index contributed by atoms with van der Waals surface area (Å²) in [5.41, 5.74) is 7.10. The van der Waals surface area contributed by atoms with Gasteiger partial charge >= 0.3 is 0 Å². The van der Waals surface area contributed by atoms with Crippen LogP contribution in [-0.2, 0) is 4.79 Å². The van der Waals surface area contributed by atoms with Crippen molar-refractivity contribution in [3.8, 4) is 0 Å². The van der Waals surface area contributed by atoms with E-state index in [0.29, 0.717) is 29.9 Å². The fourth-order valence-electron chi connectivity index (χ4n) is 2.59. The van der Waals surface area contributed by atoms with Gasteiger partial charge in [0.05, 0.1) is 17.9 Å². The van der Waals surface area contributed by atoms with Gasteiger partial charge in [-0.15, -0.1) is 0 Å². The number of nitrogen functional groups attached to an aromatic ring is 1. The van der Waals surface area contributed by atoms with Crippen LogP contribution in [0, 0.1) is 5.92 Å². The van der Waals surface area contributed by atoms with Gasteiger partial charge in [0.15, 0.2) is 0 Å². The molecule has 18 heavy (non-hydrogen) atoms. The van der Waals surface area contributed by atoms with E-state index < -0.39 is 0 Å². The number of para-hydroxylation sites is 2. The number of amides is 1. The molecule has 1 amide bonds. The van der Waals surface area contributed by atoms with Gasteiger partial charge in [0, 0.05) is 12.6 Å². The summed E-state index contributed by atoms with van der Waals surface area (Å²) in [5.74, 6) is 0.684. The lowest BCUT2D eigenvalue weighted by Gasteiger charge is -2.20. The number of rotatable bonds is 3. The molecule has 0 spiro atoms. The molecule has 98 valence electrons. The van der Waals surface area contributed by atoms with Crippen LogP contribution in [0.4, 0.5) is 11.4 Å². The van der Waals surface area contributed by atoms with Gasteiger partial charge in [-0.2, -0.15) is 0 Å². The molecule has 3 N–H and O–H groups in total. The first-order valence-electron chi connectivity index (χ1n) is 6.44. The topological polar surface area (TPSA) is 58.4 Å². The van der Waals surface area contributed by atoms with E-state index in [0.717, 1.165) is 6.54 Å². The van der Waals surface area contributed by atoms with Crippen molar-refractivity contribution in [3.05, 3.63) is 24.3 Å². The Morgan fingerprint density at radius 1 is 1.44 bits per heavy atom. The summed E-state index contributed by atoms with van der Waals surface area (Å²) in [6.45, 7) is 5.84. The predicted octanol–water partition coefficient (Wildman–Crippen LogP) is 1.94. The molecule has 2 atom stereocenters. The van der Waals surface area contributed by atoms with E-state index in [2.05, 4.69) is 24.1 Å². The van der Waals surface area contributed by atoms with Gasteiger partial charge in [-0.1, -0.05) is 19.1 Å². The van der Waals surface area contributed by atoms with E-state index in [1.54, 1.807) is 6.07 Å². The number of benzene rings is 1. The monoisotopic (exact) mass is 247 g/mol. The Labute approximate surface area is 108 Å². The van der Waals surface area contributed by atoms with Crippen molar-refractivity contribution in [1.29, 1.82) is 0 Å². The summed E-state index contributed by atoms with van der Waals surface area (Å²) < 4.78 is 0. The van der Waals surface area contributed by atoms with Crippen molar-refractivity contribution >= 4 is 17.3 Å². The highest BCUT2D eigenvalue weighted by Gasteiger charge is 2.27. The third kappa shape index (κ3) is 3.01. The minimum Gasteiger partial charge on any atom is -0.397 e. The summed E-state index contributed by atoms with van der Waals surface area (Å²) in [4.78, 5) is 14.2. The molecule has 1 saturated heterocycles. The number of carbonyl (C=O) groups is 1. The molecule has 2 rings (SSSR count). The minimum atomic E-state index is 0.00819. The lowest BCUT2D eigenvalue weighted by atomic mass is 10.1. The van der Waals surface area contributed by atoms with Gasteiger partial charge in [0.2, 0.25) is 5.91 Å². The van der Waals surface area contributed by atoms with E-state index in [1.165, 1.54) is 6.42 Å². The van der Waals surface area contributed by atoms with Gasteiger partial charge in [-0.25, -0.2) is 0 Å². The van der Waals surface area contributed by atoms with Crippen LogP contribution in [0.15, 0.2) is 24.3 Å². The summed E-state index contributed by atoms with van der Waals surface area (Å²) >= 11 is 0. The molecule has 0 aromatic heterocycles. The Kier molecular flexibility index (Phi) is 3.87. The Morgan fingerprint density at radius 2 is 2.17 bits per heavy atom. The maximum atomic E-state index is 12.0. The molecule has 1 aromatic rings. The van der Waals surface area contributed by atoms with Gasteiger partial charge in [0.25, 0.3) is 0 Å². The second-order valence-corrected chi connectivity index (χ2v) is 5.25. The zero-order chi connectivity index (χ0) is 13.1. The zero-order valence-electron chi connectivity index (χ0n) is 11.0. The first-order chi connectivity index (χ1) is 8.56. The van der Waals surface area contributed by atoms with E-state index in [4.69, 9.17) is 5.73 Å². The van der Waals surface area contributed by atoms with E-state index in [9.17, 15) is 4.79 Å². The number of anilines is 2. The zero-order valence-corrected chi connectivity index (χ0v) is 11.0. The number of nitrogens with zero attached hydrogens (tertiary/aromatic N) is 1. The van der Waals surface area contributed by atoms with Crippen molar-refractivity contribution in [2.24, 2.45) is 5.92 Å². The fraction of sp³-hybridized carbons (Fsp3) is 0.500. The average Bonchev–Trinajstić information content (AvgIpc) is 2.61. The van der Waals surface area contributed by atoms with E-state index in [-0.39, 0.29) is 5.91 Å². The van der Waals surface area contributed by atoms with Gasteiger partial charge in [-0.05, 0) is 31.4 Å². The number of hydrogen-bond acceptors (Lipinski definition) is 3. The first-order valence-corrected chi connectivity index (χ1v) is 6.44. The van der Waals surface area contributed by atoms with E-state index >= 15 is 0 Å². The van der Waals surface area contributed by atoms with Gasteiger partial charge < -0.3 is 11.1 Å². The molecule has 0 saturated carbocycles. The molecule has 1 fully saturated rings. The van der Waals surface area contributed by atoms with Crippen molar-refractivity contribution < 1.29 is 4.79 Å². The number of hydrogen-bond donors (Lipinski definition) is 2. The Hall–Kier alpha value is -1.55. The number of carbonyl (C=O) groups excluding carboxylic acids is 1. The lowest BCUT2D eigenvalue weighted by molar-refractivity contribution is -0.117. The van der Waals surface area contributed by atoms with Gasteiger partial charge in [-0.3, -0.25) is 9.69 Å². The highest BCUT2D eigenvalue weighted by molar-refractivity contribution is 5.95. The molecule has 1 aromatic carbocycles. The Balaban J connectivity index is 1.91. The van der Waals surface area contributed by atoms with Crippen LogP contribution in [0.5, 0.6) is 0 Å². The normalized spacial score (nSPS) is 24.1. The second-order valence-electron chi connectivity index (χ2n) is 5.25. The summed E-state index contributed by atoms with van der Waals surface area (Å²) in [6.07, 6.45) is 1.17. The lowest BCUT2D eigenvalue weighted by Crippen LogP contribution is -2.35. The van der Waals surface area contributed by atoms with Crippen LogP contribution in [0.1, 0.15) is 20.3 Å². The predicted molar refractivity (Wildman–Crippen MR) is 74.3 cm³/mol. The SMILES string of the molecule is CC1CC(C)N(CC(=O)Nc2ccccc2N)C1. The third-order valence-electron chi connectivity index (χ3n) is 3.49. The molecule has 1 aliphatic heterocycles. The van der Waals surface area contributed by atoms with Crippen LogP contribution in [0.2, 0.25) is 0 Å². The van der Waals surface area contributed by atoms with Crippen LogP contribution < -0.4 is 11.1 Å². The maximum absolute atomic E-state index is 12.0. The molecule has 1 heterocycles. The average molecular weight is 247 g/mol.